The number of aromatic nitrogens is 6. The highest BCUT2D eigenvalue weighted by Gasteiger charge is 2.08. The van der Waals surface area contributed by atoms with Crippen molar-refractivity contribution in [3.05, 3.63) is 12.2 Å². The van der Waals surface area contributed by atoms with Crippen LogP contribution in [0, 0.1) is 6.92 Å². The molecule has 2 rings (SSSR count). The largest absolute Gasteiger partial charge is 0.339 e. The van der Waals surface area contributed by atoms with Crippen LogP contribution >= 0.6 is 0 Å². The first-order chi connectivity index (χ1) is 7.86. The van der Waals surface area contributed by atoms with Crippen molar-refractivity contribution in [1.82, 2.24) is 30.5 Å². The van der Waals surface area contributed by atoms with Crippen molar-refractivity contribution in [2.45, 2.75) is 34.6 Å². The predicted octanol–water partition coefficient (Wildman–Crippen LogP) is 1.68. The Hall–Kier alpha value is -1.92. The zero-order valence-corrected chi connectivity index (χ0v) is 10.2. The van der Waals surface area contributed by atoms with Gasteiger partial charge in [-0.1, -0.05) is 32.9 Å². The van der Waals surface area contributed by atoms with Crippen molar-refractivity contribution in [3.8, 4) is 11.6 Å². The molecule has 0 saturated heterocycles. The average molecular weight is 224 g/mol. The number of rotatable bonds is 1. The molecule has 88 valence electrons. The Balaban J connectivity index is 0.000000509. The Bertz CT molecular complexity index is 374. The summed E-state index contributed by atoms with van der Waals surface area (Å²) in [5.74, 6) is 1.01. The molecule has 16 heavy (non-hydrogen) atoms. The van der Waals surface area contributed by atoms with Crippen molar-refractivity contribution in [3.63, 3.8) is 0 Å². The molecule has 7 nitrogen and oxygen atoms in total. The van der Waals surface area contributed by atoms with Gasteiger partial charge in [-0.05, 0) is 0 Å². The fraction of sp³-hybridized carbons (Fsp3) is 0.556. The molecule has 0 aliphatic heterocycles. The van der Waals surface area contributed by atoms with E-state index in [1.54, 1.807) is 6.92 Å². The third kappa shape index (κ3) is 4.07. The van der Waals surface area contributed by atoms with Crippen molar-refractivity contribution >= 4 is 0 Å². The highest BCUT2D eigenvalue weighted by atomic mass is 16.5. The molecule has 0 unspecified atom stereocenters. The molecule has 0 aromatic carbocycles. The summed E-state index contributed by atoms with van der Waals surface area (Å²) in [4.78, 5) is 3.90. The molecule has 0 bridgehead atoms. The second-order valence-electron chi connectivity index (χ2n) is 2.01. The maximum Gasteiger partial charge on any atom is 0.244 e. The van der Waals surface area contributed by atoms with E-state index in [1.165, 1.54) is 6.33 Å². The third-order valence-corrected chi connectivity index (χ3v) is 1.14. The summed E-state index contributed by atoms with van der Waals surface area (Å²) < 4.78 is 4.72. The monoisotopic (exact) mass is 224 g/mol. The minimum Gasteiger partial charge on any atom is -0.339 e. The minimum absolute atomic E-state index is 0.259. The second kappa shape index (κ2) is 8.39. The van der Waals surface area contributed by atoms with Crippen LogP contribution in [0.15, 0.2) is 10.9 Å². The standard InChI is InChI=1S/C5H4N6O.2C2H6/c1-3-8-4(11-12-3)5-9-6-2-7-10-5;2*1-2/h2H,1H3;2*1-2H3. The lowest BCUT2D eigenvalue weighted by Gasteiger charge is -1.84. The van der Waals surface area contributed by atoms with Crippen LogP contribution in [0.2, 0.25) is 0 Å². The van der Waals surface area contributed by atoms with Gasteiger partial charge in [0.15, 0.2) is 6.33 Å². The Labute approximate surface area is 94.3 Å². The van der Waals surface area contributed by atoms with Crippen LogP contribution in [0.4, 0.5) is 0 Å². The molecule has 0 fully saturated rings. The first-order valence-electron chi connectivity index (χ1n) is 5.17. The van der Waals surface area contributed by atoms with Crippen molar-refractivity contribution in [2.24, 2.45) is 0 Å². The van der Waals surface area contributed by atoms with E-state index in [2.05, 4.69) is 30.5 Å². The Morgan fingerprint density at radius 3 is 1.94 bits per heavy atom. The first kappa shape index (κ1) is 14.1. The molecule has 0 atom stereocenters. The summed E-state index contributed by atoms with van der Waals surface area (Å²) in [7, 11) is 0. The second-order valence-corrected chi connectivity index (χ2v) is 2.01. The third-order valence-electron chi connectivity index (χ3n) is 1.14. The molecule has 0 N–H and O–H groups in total. The van der Waals surface area contributed by atoms with Gasteiger partial charge in [-0.2, -0.15) is 4.98 Å². The van der Waals surface area contributed by atoms with Crippen molar-refractivity contribution in [2.75, 3.05) is 0 Å². The van der Waals surface area contributed by atoms with Crippen molar-refractivity contribution < 1.29 is 4.52 Å². The lowest BCUT2D eigenvalue weighted by Crippen LogP contribution is -1.94. The predicted molar refractivity (Wildman–Crippen MR) is 58.3 cm³/mol. The number of nitrogens with zero attached hydrogens (tertiary/aromatic N) is 6. The van der Waals surface area contributed by atoms with Gasteiger partial charge in [0, 0.05) is 6.92 Å². The molecule has 0 aliphatic carbocycles. The van der Waals surface area contributed by atoms with Gasteiger partial charge in [0.1, 0.15) is 0 Å². The van der Waals surface area contributed by atoms with E-state index in [0.717, 1.165) is 0 Å². The van der Waals surface area contributed by atoms with E-state index >= 15 is 0 Å². The lowest BCUT2D eigenvalue weighted by atomic mass is 10.6. The molecule has 2 heterocycles. The Morgan fingerprint density at radius 2 is 1.50 bits per heavy atom. The van der Waals surface area contributed by atoms with Crippen LogP contribution in [0.25, 0.3) is 11.6 Å². The fourth-order valence-corrected chi connectivity index (χ4v) is 0.684. The topological polar surface area (TPSA) is 90.5 Å². The normalized spacial score (nSPS) is 8.31. The zero-order valence-electron chi connectivity index (χ0n) is 10.2. The van der Waals surface area contributed by atoms with Crippen LogP contribution in [0.5, 0.6) is 0 Å². The van der Waals surface area contributed by atoms with E-state index < -0.39 is 0 Å². The average Bonchev–Trinajstić information content (AvgIpc) is 2.82. The lowest BCUT2D eigenvalue weighted by molar-refractivity contribution is 0.394. The molecule has 2 aromatic heterocycles. The van der Waals surface area contributed by atoms with Gasteiger partial charge >= 0.3 is 0 Å². The highest BCUT2D eigenvalue weighted by Crippen LogP contribution is 2.05. The molecule has 0 amide bonds. The van der Waals surface area contributed by atoms with E-state index in [1.807, 2.05) is 27.7 Å². The summed E-state index contributed by atoms with van der Waals surface area (Å²) >= 11 is 0. The van der Waals surface area contributed by atoms with Crippen molar-refractivity contribution in [1.29, 1.82) is 0 Å². The van der Waals surface area contributed by atoms with Crippen LogP contribution in [-0.4, -0.2) is 30.5 Å². The molecule has 0 aliphatic rings. The van der Waals surface area contributed by atoms with Gasteiger partial charge in [0.2, 0.25) is 17.5 Å². The molecular formula is C9H16N6O. The molecule has 7 heteroatoms. The van der Waals surface area contributed by atoms with Gasteiger partial charge in [0.05, 0.1) is 0 Å². The molecule has 0 spiro atoms. The SMILES string of the molecule is CC.CC.Cc1nc(-c2nncnn2)no1. The maximum atomic E-state index is 4.72. The van der Waals surface area contributed by atoms with Crippen LogP contribution in [0.1, 0.15) is 33.6 Å². The molecular weight excluding hydrogens is 208 g/mol. The number of aryl methyl sites for hydroxylation is 1. The van der Waals surface area contributed by atoms with Gasteiger partial charge in [-0.15, -0.1) is 20.4 Å². The Kier molecular flexibility index (Phi) is 7.39. The van der Waals surface area contributed by atoms with E-state index in [-0.39, 0.29) is 5.82 Å². The van der Waals surface area contributed by atoms with Crippen LogP contribution < -0.4 is 0 Å². The number of hydrogen-bond donors (Lipinski definition) is 0. The van der Waals surface area contributed by atoms with Gasteiger partial charge < -0.3 is 4.52 Å². The maximum absolute atomic E-state index is 4.72. The van der Waals surface area contributed by atoms with Gasteiger partial charge in [0.25, 0.3) is 0 Å². The summed E-state index contributed by atoms with van der Waals surface area (Å²) in [6.07, 6.45) is 1.23. The summed E-state index contributed by atoms with van der Waals surface area (Å²) in [5.41, 5.74) is 0. The summed E-state index contributed by atoms with van der Waals surface area (Å²) in [6, 6.07) is 0. The quantitative estimate of drug-likeness (QED) is 0.727. The number of hydrogen-bond acceptors (Lipinski definition) is 7. The van der Waals surface area contributed by atoms with Crippen LogP contribution in [0.3, 0.4) is 0 Å². The van der Waals surface area contributed by atoms with E-state index in [9.17, 15) is 0 Å². The Morgan fingerprint density at radius 1 is 0.938 bits per heavy atom. The van der Waals surface area contributed by atoms with Gasteiger partial charge in [-0.25, -0.2) is 0 Å². The van der Waals surface area contributed by atoms with E-state index in [0.29, 0.717) is 11.7 Å². The van der Waals surface area contributed by atoms with Gasteiger partial charge in [-0.3, -0.25) is 0 Å². The molecule has 0 radical (unpaired) electrons. The van der Waals surface area contributed by atoms with Crippen LogP contribution in [-0.2, 0) is 0 Å². The summed E-state index contributed by atoms with van der Waals surface area (Å²) in [5, 5.41) is 18.0. The molecule has 0 saturated carbocycles. The zero-order chi connectivity index (χ0) is 12.4. The summed E-state index contributed by atoms with van der Waals surface area (Å²) in [6.45, 7) is 9.68. The van der Waals surface area contributed by atoms with E-state index in [4.69, 9.17) is 4.52 Å². The minimum atomic E-state index is 0.259. The molecule has 2 aromatic rings. The first-order valence-corrected chi connectivity index (χ1v) is 5.17. The smallest absolute Gasteiger partial charge is 0.244 e. The highest BCUT2D eigenvalue weighted by molar-refractivity contribution is 5.38. The fourth-order valence-electron chi connectivity index (χ4n) is 0.684.